The summed E-state index contributed by atoms with van der Waals surface area (Å²) in [5.41, 5.74) is 4.35. The number of amides is 3. The van der Waals surface area contributed by atoms with Crippen LogP contribution >= 0.6 is 11.8 Å². The molecule has 0 bridgehead atoms. The molecule has 1 heterocycles. The molecule has 1 aliphatic rings. The minimum absolute atomic E-state index is 0.189. The maximum Gasteiger partial charge on any atom is 0.272 e. The molecule has 160 valence electrons. The maximum atomic E-state index is 13.5. The highest BCUT2D eigenvalue weighted by Crippen LogP contribution is 2.41. The molecule has 3 aromatic carbocycles. The summed E-state index contributed by atoms with van der Waals surface area (Å²) >= 11 is 1.30. The van der Waals surface area contributed by atoms with Crippen molar-refractivity contribution in [2.45, 2.75) is 25.7 Å². The predicted octanol–water partition coefficient (Wildman–Crippen LogP) is 5.34. The Balaban J connectivity index is 1.77. The zero-order valence-corrected chi connectivity index (χ0v) is 18.8. The average molecular weight is 443 g/mol. The first-order chi connectivity index (χ1) is 15.3. The molecule has 3 amide bonds. The topological polar surface area (TPSA) is 66.5 Å². The average Bonchev–Trinajstić information content (AvgIpc) is 3.01. The first-order valence-corrected chi connectivity index (χ1v) is 11.0. The van der Waals surface area contributed by atoms with E-state index in [9.17, 15) is 14.4 Å². The minimum atomic E-state index is -0.357. The SMILES string of the molecule is CC(=O)Nc1ccc(N2C(=O)C(Sc3ccccc3)=C(c3ccc(C)c(C)c3)C2=O)cc1. The van der Waals surface area contributed by atoms with E-state index in [1.165, 1.54) is 23.6 Å². The third-order valence-corrected chi connectivity index (χ3v) is 6.34. The van der Waals surface area contributed by atoms with Gasteiger partial charge in [-0.25, -0.2) is 4.90 Å². The second-order valence-corrected chi connectivity index (χ2v) is 8.68. The van der Waals surface area contributed by atoms with Crippen LogP contribution in [0.2, 0.25) is 0 Å². The molecule has 5 nitrogen and oxygen atoms in total. The summed E-state index contributed by atoms with van der Waals surface area (Å²) in [7, 11) is 0. The van der Waals surface area contributed by atoms with Gasteiger partial charge in [-0.15, -0.1) is 0 Å². The Labute approximate surface area is 191 Å². The van der Waals surface area contributed by atoms with Crippen molar-refractivity contribution >= 4 is 46.4 Å². The summed E-state index contributed by atoms with van der Waals surface area (Å²) < 4.78 is 0. The van der Waals surface area contributed by atoms with E-state index in [2.05, 4.69) is 5.32 Å². The number of nitrogens with one attached hydrogen (secondary N) is 1. The van der Waals surface area contributed by atoms with Gasteiger partial charge in [-0.1, -0.05) is 48.2 Å². The first kappa shape index (κ1) is 21.6. The van der Waals surface area contributed by atoms with E-state index < -0.39 is 0 Å². The van der Waals surface area contributed by atoms with Crippen LogP contribution in [0, 0.1) is 13.8 Å². The van der Waals surface area contributed by atoms with Gasteiger partial charge in [0.15, 0.2) is 0 Å². The van der Waals surface area contributed by atoms with E-state index in [1.807, 2.05) is 62.4 Å². The summed E-state index contributed by atoms with van der Waals surface area (Å²) in [6.45, 7) is 5.43. The van der Waals surface area contributed by atoms with Crippen LogP contribution in [-0.4, -0.2) is 17.7 Å². The van der Waals surface area contributed by atoms with Gasteiger partial charge in [-0.3, -0.25) is 14.4 Å². The fraction of sp³-hybridized carbons (Fsp3) is 0.115. The van der Waals surface area contributed by atoms with Gasteiger partial charge in [-0.2, -0.15) is 0 Å². The number of anilines is 2. The molecule has 0 spiro atoms. The lowest BCUT2D eigenvalue weighted by Gasteiger charge is -2.16. The molecule has 0 aromatic heterocycles. The number of thioether (sulfide) groups is 1. The second kappa shape index (κ2) is 8.85. The molecular weight excluding hydrogens is 420 g/mol. The van der Waals surface area contributed by atoms with Gasteiger partial charge < -0.3 is 5.32 Å². The maximum absolute atomic E-state index is 13.5. The number of benzene rings is 3. The van der Waals surface area contributed by atoms with Crippen LogP contribution < -0.4 is 10.2 Å². The van der Waals surface area contributed by atoms with Crippen molar-refractivity contribution in [3.8, 4) is 0 Å². The molecule has 0 fully saturated rings. The molecule has 0 aliphatic carbocycles. The highest BCUT2D eigenvalue weighted by atomic mass is 32.2. The monoisotopic (exact) mass is 442 g/mol. The molecule has 0 radical (unpaired) electrons. The zero-order valence-electron chi connectivity index (χ0n) is 18.0. The number of hydrogen-bond donors (Lipinski definition) is 1. The largest absolute Gasteiger partial charge is 0.326 e. The summed E-state index contributed by atoms with van der Waals surface area (Å²) in [5.74, 6) is -0.903. The number of hydrogen-bond acceptors (Lipinski definition) is 4. The number of rotatable bonds is 5. The van der Waals surface area contributed by atoms with Crippen molar-refractivity contribution in [3.05, 3.63) is 94.4 Å². The molecule has 0 saturated carbocycles. The van der Waals surface area contributed by atoms with Gasteiger partial charge in [0.2, 0.25) is 5.91 Å². The standard InChI is InChI=1S/C26H22N2O3S/c1-16-9-10-19(15-17(16)2)23-24(32-22-7-5-4-6-8-22)26(31)28(25(23)30)21-13-11-20(12-14-21)27-18(3)29/h4-15H,1-3H3,(H,27,29). The van der Waals surface area contributed by atoms with Crippen molar-refractivity contribution in [2.24, 2.45) is 0 Å². The summed E-state index contributed by atoms with van der Waals surface area (Å²) in [4.78, 5) is 40.8. The Morgan fingerprint density at radius 1 is 0.844 bits per heavy atom. The van der Waals surface area contributed by atoms with Crippen LogP contribution in [0.15, 0.2) is 82.6 Å². The van der Waals surface area contributed by atoms with Gasteiger partial charge in [0.05, 0.1) is 16.2 Å². The minimum Gasteiger partial charge on any atom is -0.326 e. The number of carbonyl (C=O) groups is 3. The van der Waals surface area contributed by atoms with Crippen LogP contribution in [0.4, 0.5) is 11.4 Å². The Morgan fingerprint density at radius 2 is 1.53 bits per heavy atom. The molecule has 6 heteroatoms. The predicted molar refractivity (Wildman–Crippen MR) is 128 cm³/mol. The molecular formula is C26H22N2O3S. The van der Waals surface area contributed by atoms with E-state index in [0.717, 1.165) is 21.6 Å². The molecule has 0 atom stereocenters. The number of aryl methyl sites for hydroxylation is 2. The smallest absolute Gasteiger partial charge is 0.272 e. The molecule has 1 N–H and O–H groups in total. The van der Waals surface area contributed by atoms with Crippen LogP contribution in [0.1, 0.15) is 23.6 Å². The van der Waals surface area contributed by atoms with Crippen molar-refractivity contribution < 1.29 is 14.4 Å². The third kappa shape index (κ3) is 4.22. The summed E-state index contributed by atoms with van der Waals surface area (Å²) in [6.07, 6.45) is 0. The van der Waals surface area contributed by atoms with Crippen LogP contribution in [-0.2, 0) is 14.4 Å². The molecule has 32 heavy (non-hydrogen) atoms. The number of imide groups is 1. The van der Waals surface area contributed by atoms with Gasteiger partial charge in [0.1, 0.15) is 0 Å². The molecule has 3 aromatic rings. The Kier molecular flexibility index (Phi) is 5.97. The van der Waals surface area contributed by atoms with E-state index >= 15 is 0 Å². The zero-order chi connectivity index (χ0) is 22.8. The van der Waals surface area contributed by atoms with E-state index in [4.69, 9.17) is 0 Å². The highest BCUT2D eigenvalue weighted by Gasteiger charge is 2.40. The number of carbonyl (C=O) groups excluding carboxylic acids is 3. The van der Waals surface area contributed by atoms with Gasteiger partial charge in [0.25, 0.3) is 11.8 Å². The van der Waals surface area contributed by atoms with E-state index in [1.54, 1.807) is 24.3 Å². The lowest BCUT2D eigenvalue weighted by molar-refractivity contribution is -0.120. The van der Waals surface area contributed by atoms with Crippen molar-refractivity contribution in [1.82, 2.24) is 0 Å². The normalized spacial score (nSPS) is 13.7. The lowest BCUT2D eigenvalue weighted by atomic mass is 10.0. The first-order valence-electron chi connectivity index (χ1n) is 10.2. The second-order valence-electron chi connectivity index (χ2n) is 7.59. The van der Waals surface area contributed by atoms with Gasteiger partial charge in [-0.05, 0) is 66.9 Å². The quantitative estimate of drug-likeness (QED) is 0.542. The molecule has 0 saturated heterocycles. The Bertz CT molecular complexity index is 1250. The fourth-order valence-corrected chi connectivity index (χ4v) is 4.51. The van der Waals surface area contributed by atoms with E-state index in [0.29, 0.717) is 21.9 Å². The summed E-state index contributed by atoms with van der Waals surface area (Å²) in [5, 5.41) is 2.69. The lowest BCUT2D eigenvalue weighted by Crippen LogP contribution is -2.31. The van der Waals surface area contributed by atoms with Crippen molar-refractivity contribution in [3.63, 3.8) is 0 Å². The Hall–Kier alpha value is -3.64. The number of nitrogens with zero attached hydrogens (tertiary/aromatic N) is 1. The van der Waals surface area contributed by atoms with Crippen molar-refractivity contribution in [1.29, 1.82) is 0 Å². The van der Waals surface area contributed by atoms with E-state index in [-0.39, 0.29) is 17.7 Å². The van der Waals surface area contributed by atoms with Crippen LogP contribution in [0.3, 0.4) is 0 Å². The highest BCUT2D eigenvalue weighted by molar-refractivity contribution is 8.04. The van der Waals surface area contributed by atoms with Crippen molar-refractivity contribution in [2.75, 3.05) is 10.2 Å². The van der Waals surface area contributed by atoms with Gasteiger partial charge in [0, 0.05) is 17.5 Å². The van der Waals surface area contributed by atoms with Crippen LogP contribution in [0.5, 0.6) is 0 Å². The Morgan fingerprint density at radius 3 is 2.16 bits per heavy atom. The molecule has 4 rings (SSSR count). The summed E-state index contributed by atoms with van der Waals surface area (Å²) in [6, 6.07) is 22.0. The van der Waals surface area contributed by atoms with Crippen LogP contribution in [0.25, 0.3) is 5.57 Å². The molecule has 0 unspecified atom stereocenters. The third-order valence-electron chi connectivity index (χ3n) is 5.25. The fourth-order valence-electron chi connectivity index (χ4n) is 3.49. The molecule has 1 aliphatic heterocycles. The van der Waals surface area contributed by atoms with Gasteiger partial charge >= 0.3 is 0 Å².